The summed E-state index contributed by atoms with van der Waals surface area (Å²) in [5.41, 5.74) is 0. The van der Waals surface area contributed by atoms with Crippen molar-refractivity contribution in [3.8, 4) is 0 Å². The lowest BCUT2D eigenvalue weighted by molar-refractivity contribution is -0.144. The van der Waals surface area contributed by atoms with Gasteiger partial charge >= 0.3 is 0 Å². The number of carbonyl (C=O) groups is 3. The summed E-state index contributed by atoms with van der Waals surface area (Å²) in [4.78, 5) is 42.0. The smallest absolute Gasteiger partial charge is 0.243 e. The minimum Gasteiger partial charge on any atom is -0.394 e. The van der Waals surface area contributed by atoms with Gasteiger partial charge in [0.1, 0.15) is 6.04 Å². The summed E-state index contributed by atoms with van der Waals surface area (Å²) >= 11 is 0. The molecule has 0 aromatic rings. The zero-order valence-corrected chi connectivity index (χ0v) is 20.0. The Bertz CT molecular complexity index is 716. The van der Waals surface area contributed by atoms with E-state index >= 15 is 0 Å². The van der Waals surface area contributed by atoms with Crippen LogP contribution in [0.5, 0.6) is 0 Å². The fourth-order valence-electron chi connectivity index (χ4n) is 6.09. The molecule has 0 bridgehead atoms. The highest BCUT2D eigenvalue weighted by Crippen LogP contribution is 2.46. The molecule has 0 aromatic carbocycles. The van der Waals surface area contributed by atoms with Crippen molar-refractivity contribution in [3.63, 3.8) is 0 Å². The molecule has 0 aromatic heterocycles. The number of aliphatic hydroxyl groups is 1. The van der Waals surface area contributed by atoms with Crippen molar-refractivity contribution in [3.05, 3.63) is 12.2 Å². The second-order valence-electron chi connectivity index (χ2n) is 10.1. The normalized spacial score (nSPS) is 31.5. The lowest BCUT2D eigenvalue weighted by Gasteiger charge is -2.36. The molecule has 1 heterocycles. The number of allylic oxidation sites excluding steroid dienone is 1. The van der Waals surface area contributed by atoms with Gasteiger partial charge in [-0.05, 0) is 31.1 Å². The van der Waals surface area contributed by atoms with Crippen LogP contribution in [0.25, 0.3) is 0 Å². The Morgan fingerprint density at radius 2 is 1.84 bits per heavy atom. The third-order valence-corrected chi connectivity index (χ3v) is 7.75. The number of likely N-dealkylation sites (tertiary alicyclic amines) is 1. The number of fused-ring (bicyclic) bond motifs is 1. The van der Waals surface area contributed by atoms with Crippen LogP contribution in [0, 0.1) is 29.6 Å². The predicted molar refractivity (Wildman–Crippen MR) is 123 cm³/mol. The lowest BCUT2D eigenvalue weighted by Crippen LogP contribution is -2.55. The van der Waals surface area contributed by atoms with Gasteiger partial charge in [0, 0.05) is 19.0 Å². The minimum absolute atomic E-state index is 0.0112. The molecular formula is C25H41N3O4. The average molecular weight is 448 g/mol. The molecule has 1 saturated carbocycles. The fourth-order valence-corrected chi connectivity index (χ4v) is 6.09. The quantitative estimate of drug-likeness (QED) is 0.497. The number of rotatable bonds is 8. The standard InChI is InChI=1S/C25H41N3O4/c1-5-9-16-12-13-18-21(20(16)23(30)26-4)25(32)28(19(14-29)15(2)3)22(18)24(31)27-17-10-7-6-8-11-17/h12-13,15-22,29H,5-11,14H2,1-4H3,(H,26,30)(H,27,31)/t16-,18+,19+,20-,21-,22+/m1/s1. The molecule has 7 heteroatoms. The van der Waals surface area contributed by atoms with Crippen molar-refractivity contribution < 1.29 is 19.5 Å². The van der Waals surface area contributed by atoms with E-state index in [2.05, 4.69) is 17.6 Å². The average Bonchev–Trinajstić information content (AvgIpc) is 3.07. The first-order valence-electron chi connectivity index (χ1n) is 12.5. The maximum atomic E-state index is 13.9. The second kappa shape index (κ2) is 10.8. The molecule has 0 radical (unpaired) electrons. The summed E-state index contributed by atoms with van der Waals surface area (Å²) in [7, 11) is 1.60. The van der Waals surface area contributed by atoms with Crippen LogP contribution in [0.15, 0.2) is 12.2 Å². The Hall–Kier alpha value is -1.89. The number of amides is 3. The first kappa shape index (κ1) is 24.7. The van der Waals surface area contributed by atoms with Crippen LogP contribution in [0.1, 0.15) is 65.7 Å². The fraction of sp³-hybridized carbons (Fsp3) is 0.800. The second-order valence-corrected chi connectivity index (χ2v) is 10.1. The zero-order chi connectivity index (χ0) is 23.4. The molecule has 6 atom stereocenters. The summed E-state index contributed by atoms with van der Waals surface area (Å²) in [6.45, 7) is 5.78. The van der Waals surface area contributed by atoms with Gasteiger partial charge < -0.3 is 20.6 Å². The molecule has 2 aliphatic carbocycles. The van der Waals surface area contributed by atoms with Crippen molar-refractivity contribution in [2.24, 2.45) is 29.6 Å². The Kier molecular flexibility index (Phi) is 8.37. The minimum atomic E-state index is -0.694. The first-order valence-corrected chi connectivity index (χ1v) is 12.5. The molecule has 7 nitrogen and oxygen atoms in total. The van der Waals surface area contributed by atoms with E-state index in [1.807, 2.05) is 26.0 Å². The lowest BCUT2D eigenvalue weighted by atomic mass is 9.68. The van der Waals surface area contributed by atoms with E-state index in [1.54, 1.807) is 11.9 Å². The largest absolute Gasteiger partial charge is 0.394 e. The number of hydrogen-bond acceptors (Lipinski definition) is 4. The zero-order valence-electron chi connectivity index (χ0n) is 20.0. The van der Waals surface area contributed by atoms with Gasteiger partial charge in [0.05, 0.1) is 24.5 Å². The Labute approximate surface area is 192 Å². The summed E-state index contributed by atoms with van der Waals surface area (Å²) in [6.07, 6.45) is 11.1. The van der Waals surface area contributed by atoms with Gasteiger partial charge in [-0.3, -0.25) is 14.4 Å². The van der Waals surface area contributed by atoms with Crippen molar-refractivity contribution in [1.29, 1.82) is 0 Å². The van der Waals surface area contributed by atoms with Gasteiger partial charge in [-0.25, -0.2) is 0 Å². The van der Waals surface area contributed by atoms with Gasteiger partial charge in [-0.2, -0.15) is 0 Å². The summed E-state index contributed by atoms with van der Waals surface area (Å²) < 4.78 is 0. The number of hydrogen-bond donors (Lipinski definition) is 3. The molecule has 3 N–H and O–H groups in total. The summed E-state index contributed by atoms with van der Waals surface area (Å²) in [5, 5.41) is 16.1. The molecular weight excluding hydrogens is 406 g/mol. The van der Waals surface area contributed by atoms with Gasteiger partial charge in [0.2, 0.25) is 17.7 Å². The topological polar surface area (TPSA) is 98.7 Å². The Morgan fingerprint density at radius 3 is 2.41 bits per heavy atom. The predicted octanol–water partition coefficient (Wildman–Crippen LogP) is 2.24. The van der Waals surface area contributed by atoms with Crippen LogP contribution >= 0.6 is 0 Å². The molecule has 180 valence electrons. The van der Waals surface area contributed by atoms with Crippen molar-refractivity contribution in [1.82, 2.24) is 15.5 Å². The highest BCUT2D eigenvalue weighted by atomic mass is 16.3. The maximum absolute atomic E-state index is 13.9. The highest BCUT2D eigenvalue weighted by molar-refractivity contribution is 5.97. The first-order chi connectivity index (χ1) is 15.3. The molecule has 1 aliphatic heterocycles. The van der Waals surface area contributed by atoms with E-state index in [9.17, 15) is 19.5 Å². The number of nitrogens with one attached hydrogen (secondary N) is 2. The molecule has 1 saturated heterocycles. The monoisotopic (exact) mass is 447 g/mol. The molecule has 3 aliphatic rings. The Morgan fingerprint density at radius 1 is 1.16 bits per heavy atom. The number of nitrogens with zero attached hydrogens (tertiary/aromatic N) is 1. The van der Waals surface area contributed by atoms with E-state index in [1.165, 1.54) is 6.42 Å². The van der Waals surface area contributed by atoms with Crippen LogP contribution in [0.4, 0.5) is 0 Å². The summed E-state index contributed by atoms with van der Waals surface area (Å²) in [6, 6.07) is -1.02. The van der Waals surface area contributed by atoms with Crippen LogP contribution in [0.2, 0.25) is 0 Å². The van der Waals surface area contributed by atoms with Gasteiger partial charge in [-0.1, -0.05) is 58.6 Å². The third kappa shape index (κ3) is 4.73. The number of aliphatic hydroxyl groups excluding tert-OH is 1. The molecule has 2 fully saturated rings. The molecule has 32 heavy (non-hydrogen) atoms. The SMILES string of the molecule is CCC[C@@H]1C=C[C@H]2[C@@H](C(=O)N([C@@H](CO)C(C)C)[C@@H]2C(=O)NC2CCCCC2)[C@@H]1C(=O)NC. The van der Waals surface area contributed by atoms with E-state index < -0.39 is 23.9 Å². The van der Waals surface area contributed by atoms with E-state index in [0.717, 1.165) is 38.5 Å². The maximum Gasteiger partial charge on any atom is 0.243 e. The van der Waals surface area contributed by atoms with Crippen LogP contribution < -0.4 is 10.6 Å². The van der Waals surface area contributed by atoms with Crippen molar-refractivity contribution >= 4 is 17.7 Å². The molecule has 3 amide bonds. The van der Waals surface area contributed by atoms with Gasteiger partial charge in [0.25, 0.3) is 0 Å². The van der Waals surface area contributed by atoms with E-state index in [0.29, 0.717) is 0 Å². The summed E-state index contributed by atoms with van der Waals surface area (Å²) in [5.74, 6) is -1.95. The highest BCUT2D eigenvalue weighted by Gasteiger charge is 2.58. The van der Waals surface area contributed by atoms with Crippen molar-refractivity contribution in [2.45, 2.75) is 83.8 Å². The third-order valence-electron chi connectivity index (χ3n) is 7.75. The molecule has 0 spiro atoms. The van der Waals surface area contributed by atoms with E-state index in [-0.39, 0.29) is 48.1 Å². The number of carbonyl (C=O) groups excluding carboxylic acids is 3. The molecule has 0 unspecified atom stereocenters. The molecule has 3 rings (SSSR count). The van der Waals surface area contributed by atoms with Crippen LogP contribution in [0.3, 0.4) is 0 Å². The van der Waals surface area contributed by atoms with E-state index in [4.69, 9.17) is 0 Å². The van der Waals surface area contributed by atoms with Gasteiger partial charge in [-0.15, -0.1) is 0 Å². The van der Waals surface area contributed by atoms with Crippen LogP contribution in [-0.2, 0) is 14.4 Å². The van der Waals surface area contributed by atoms with Crippen LogP contribution in [-0.4, -0.2) is 59.5 Å². The Balaban J connectivity index is 1.99. The van der Waals surface area contributed by atoms with Crippen molar-refractivity contribution in [2.75, 3.05) is 13.7 Å². The van der Waals surface area contributed by atoms with Gasteiger partial charge in [0.15, 0.2) is 0 Å².